The molecule has 10 nitrogen and oxygen atoms in total. The Morgan fingerprint density at radius 1 is 0.875 bits per heavy atom. The van der Waals surface area contributed by atoms with Gasteiger partial charge in [0.1, 0.15) is 18.5 Å². The molecule has 2 rings (SSSR count). The molecule has 0 bridgehead atoms. The van der Waals surface area contributed by atoms with Crippen LogP contribution in [0.2, 0.25) is 0 Å². The van der Waals surface area contributed by atoms with Crippen LogP contribution in [0.1, 0.15) is 10.4 Å². The van der Waals surface area contributed by atoms with Gasteiger partial charge in [-0.05, 0) is 24.3 Å². The molecule has 1 atom stereocenters. The third-order valence-corrected chi connectivity index (χ3v) is 5.19. The predicted octanol–water partition coefficient (Wildman–Crippen LogP) is -0.232. The molecule has 1 aliphatic heterocycles. The van der Waals surface area contributed by atoms with E-state index in [1.807, 2.05) is 9.80 Å². The van der Waals surface area contributed by atoms with Crippen molar-refractivity contribution in [1.82, 2.24) is 19.6 Å². The van der Waals surface area contributed by atoms with Crippen LogP contribution in [0.15, 0.2) is 24.3 Å². The first-order chi connectivity index (χ1) is 15.2. The molecule has 4 radical (unpaired) electrons. The second-order valence-corrected chi connectivity index (χ2v) is 7.84. The third kappa shape index (κ3) is 9.92. The molecule has 32 heavy (non-hydrogen) atoms. The molecule has 1 unspecified atom stereocenters. The van der Waals surface area contributed by atoms with Gasteiger partial charge in [0.2, 0.25) is 0 Å². The van der Waals surface area contributed by atoms with Crippen LogP contribution in [0.4, 0.5) is 0 Å². The largest absolute Gasteiger partial charge is 0.491 e. The average Bonchev–Trinajstić information content (AvgIpc) is 2.75. The van der Waals surface area contributed by atoms with E-state index in [2.05, 4.69) is 0 Å². The minimum absolute atomic E-state index is 0.0379. The molecule has 0 saturated carbocycles. The third-order valence-electron chi connectivity index (χ3n) is 5.19. The first kappa shape index (κ1) is 26.0. The van der Waals surface area contributed by atoms with Crippen LogP contribution >= 0.6 is 0 Å². The molecule has 1 fully saturated rings. The Hall–Kier alpha value is -2.24. The van der Waals surface area contributed by atoms with Crippen LogP contribution in [0.5, 0.6) is 5.75 Å². The van der Waals surface area contributed by atoms with Crippen LogP contribution < -0.4 is 4.74 Å². The van der Waals surface area contributed by atoms with E-state index in [4.69, 9.17) is 23.9 Å². The normalized spacial score (nSPS) is 19.6. The van der Waals surface area contributed by atoms with Gasteiger partial charge in [-0.25, -0.2) is 4.79 Å². The van der Waals surface area contributed by atoms with Gasteiger partial charge in [0.15, 0.2) is 0 Å². The minimum Gasteiger partial charge on any atom is -0.491 e. The number of aliphatic hydroxyl groups is 1. The van der Waals surface area contributed by atoms with Crippen molar-refractivity contribution in [3.8, 4) is 5.75 Å². The Morgan fingerprint density at radius 3 is 1.94 bits per heavy atom. The number of hydrogen-bond acceptors (Lipinski definition) is 8. The van der Waals surface area contributed by atoms with Crippen LogP contribution in [0, 0.1) is 14.1 Å². The van der Waals surface area contributed by atoms with Crippen LogP contribution in [-0.2, 0) is 4.79 Å². The summed E-state index contributed by atoms with van der Waals surface area (Å²) >= 11 is 0. The summed E-state index contributed by atoms with van der Waals surface area (Å²) in [6.07, 6.45) is -0.791. The van der Waals surface area contributed by atoms with E-state index in [-0.39, 0.29) is 18.7 Å². The Balaban J connectivity index is 1.91. The number of aliphatic hydroxyl groups excluding tert-OH is 1. The molecule has 0 aliphatic carbocycles. The van der Waals surface area contributed by atoms with E-state index in [1.54, 1.807) is 21.9 Å². The van der Waals surface area contributed by atoms with Crippen LogP contribution in [-0.4, -0.2) is 125 Å². The number of carboxylic acids is 2. The fourth-order valence-electron chi connectivity index (χ4n) is 3.30. The van der Waals surface area contributed by atoms with Crippen LogP contribution in [0.25, 0.3) is 0 Å². The molecule has 176 valence electrons. The zero-order valence-corrected chi connectivity index (χ0v) is 18.2. The predicted molar refractivity (Wildman–Crippen MR) is 117 cm³/mol. The number of β-amino-alcohol motifs (C(OH)–C–C–N with tert-alkyl or cyclic N) is 1. The van der Waals surface area contributed by atoms with Gasteiger partial charge in [-0.1, -0.05) is 0 Å². The lowest BCUT2D eigenvalue weighted by Crippen LogP contribution is -2.47. The van der Waals surface area contributed by atoms with E-state index in [0.29, 0.717) is 64.7 Å². The number of nitrogens with zero attached hydrogens (tertiary/aromatic N) is 4. The zero-order valence-electron chi connectivity index (χ0n) is 18.2. The van der Waals surface area contributed by atoms with Crippen LogP contribution in [0.3, 0.4) is 0 Å². The highest BCUT2D eigenvalue weighted by atomic mass is 16.5. The second kappa shape index (κ2) is 13.3. The Labute approximate surface area is 189 Å². The Morgan fingerprint density at radius 2 is 1.38 bits per heavy atom. The number of carbonyl (C=O) groups is 2. The monoisotopic (exact) mass is 448 g/mol. The quantitative estimate of drug-likeness (QED) is 0.492. The van der Waals surface area contributed by atoms with Crippen molar-refractivity contribution in [2.24, 2.45) is 0 Å². The lowest BCUT2D eigenvalue weighted by molar-refractivity contribution is -0.138. The molecular weight excluding hydrogens is 416 g/mol. The molecule has 1 aliphatic rings. The number of carboxylic acid groups (broad SMARTS) is 2. The Kier molecular flexibility index (Phi) is 10.8. The highest BCUT2D eigenvalue weighted by Gasteiger charge is 2.18. The van der Waals surface area contributed by atoms with Crippen molar-refractivity contribution in [3.05, 3.63) is 43.9 Å². The van der Waals surface area contributed by atoms with Crippen molar-refractivity contribution in [2.45, 2.75) is 6.10 Å². The first-order valence-corrected chi connectivity index (χ1v) is 10.5. The standard InChI is InChI=1S/C22H32N4O6/c1-23-7-8-24(2)10-12-26(16-21(28)29)14-13-25(11-9-23)15-19(27)17-32-20-5-3-18(4-6-20)22(30)31/h1-6,19,27H,7-17H2,(H,28,29)(H,30,31). The molecular formula is C22H32N4O6. The van der Waals surface area contributed by atoms with Crippen molar-refractivity contribution in [2.75, 3.05) is 72.1 Å². The highest BCUT2D eigenvalue weighted by molar-refractivity contribution is 5.87. The van der Waals surface area contributed by atoms with Crippen molar-refractivity contribution < 1.29 is 29.6 Å². The minimum atomic E-state index is -1.02. The van der Waals surface area contributed by atoms with E-state index in [0.717, 1.165) is 0 Å². The summed E-state index contributed by atoms with van der Waals surface area (Å²) in [5.74, 6) is -1.45. The molecule has 1 aromatic rings. The van der Waals surface area contributed by atoms with Gasteiger partial charge in [-0.3, -0.25) is 24.4 Å². The van der Waals surface area contributed by atoms with Crippen molar-refractivity contribution >= 4 is 11.9 Å². The molecule has 1 saturated heterocycles. The van der Waals surface area contributed by atoms with Gasteiger partial charge in [0.25, 0.3) is 0 Å². The van der Waals surface area contributed by atoms with E-state index < -0.39 is 18.0 Å². The molecule has 0 spiro atoms. The highest BCUT2D eigenvalue weighted by Crippen LogP contribution is 2.12. The van der Waals surface area contributed by atoms with Crippen molar-refractivity contribution in [3.63, 3.8) is 0 Å². The maximum Gasteiger partial charge on any atom is 0.335 e. The number of ether oxygens (including phenoxy) is 1. The molecule has 1 heterocycles. The summed E-state index contributed by atoms with van der Waals surface area (Å²) in [5, 5.41) is 28.6. The van der Waals surface area contributed by atoms with E-state index in [9.17, 15) is 19.8 Å². The lowest BCUT2D eigenvalue weighted by atomic mass is 10.2. The van der Waals surface area contributed by atoms with Gasteiger partial charge < -0.3 is 20.1 Å². The number of benzene rings is 1. The summed E-state index contributed by atoms with van der Waals surface area (Å²) in [5.41, 5.74) is 0.159. The number of aliphatic carboxylic acids is 1. The van der Waals surface area contributed by atoms with Gasteiger partial charge in [-0.15, -0.1) is 0 Å². The lowest BCUT2D eigenvalue weighted by Gasteiger charge is -2.32. The molecule has 0 amide bonds. The summed E-state index contributed by atoms with van der Waals surface area (Å²) in [6.45, 7) is 4.67. The fourth-order valence-corrected chi connectivity index (χ4v) is 3.30. The molecule has 10 heteroatoms. The topological polar surface area (TPSA) is 117 Å². The summed E-state index contributed by atoms with van der Waals surface area (Å²) in [6, 6.07) is 5.97. The number of aromatic carboxylic acids is 1. The fraction of sp³-hybridized carbons (Fsp3) is 0.545. The summed E-state index contributed by atoms with van der Waals surface area (Å²) in [4.78, 5) is 29.3. The SMILES string of the molecule is [CH]N1CCN([CH])CCN(CC(O)COc2ccc(C(=O)O)cc2)CCN(CC(=O)O)CC1. The smallest absolute Gasteiger partial charge is 0.335 e. The number of hydrogen-bond donors (Lipinski definition) is 3. The van der Waals surface area contributed by atoms with Gasteiger partial charge in [0, 0.05) is 73.0 Å². The van der Waals surface area contributed by atoms with Crippen molar-refractivity contribution in [1.29, 1.82) is 0 Å². The Bertz CT molecular complexity index is 717. The zero-order chi connectivity index (χ0) is 23.5. The summed E-state index contributed by atoms with van der Waals surface area (Å²) in [7, 11) is 12.0. The van der Waals surface area contributed by atoms with Gasteiger partial charge in [-0.2, -0.15) is 0 Å². The molecule has 3 N–H and O–H groups in total. The average molecular weight is 449 g/mol. The summed E-state index contributed by atoms with van der Waals surface area (Å²) < 4.78 is 5.58. The van der Waals surface area contributed by atoms with E-state index in [1.165, 1.54) is 12.1 Å². The second-order valence-electron chi connectivity index (χ2n) is 7.84. The molecule has 0 aromatic heterocycles. The maximum atomic E-state index is 11.2. The molecule has 1 aromatic carbocycles. The van der Waals surface area contributed by atoms with Gasteiger partial charge in [0.05, 0.1) is 12.1 Å². The maximum absolute atomic E-state index is 11.2. The van der Waals surface area contributed by atoms with Gasteiger partial charge >= 0.3 is 11.9 Å². The first-order valence-electron chi connectivity index (χ1n) is 10.5. The number of rotatable bonds is 8. The van der Waals surface area contributed by atoms with E-state index >= 15 is 0 Å².